The van der Waals surface area contributed by atoms with Gasteiger partial charge in [0.05, 0.1) is 28.0 Å². The molecule has 2 N–H and O–H groups in total. The Morgan fingerprint density at radius 2 is 1.94 bits per heavy atom. The number of carbonyl (C=O) groups excluding carboxylic acids is 1. The number of fused-ring (bicyclic) bond motifs is 1. The largest absolute Gasteiger partial charge is 0.497 e. The third kappa shape index (κ3) is 3.69. The normalized spacial score (nSPS) is 10.9. The lowest BCUT2D eigenvalue weighted by Gasteiger charge is -2.13. The van der Waals surface area contributed by atoms with Gasteiger partial charge in [-0.3, -0.25) is 4.79 Å². The maximum Gasteiger partial charge on any atom is 0.269 e. The van der Waals surface area contributed by atoms with Crippen molar-refractivity contribution in [3.05, 3.63) is 67.0 Å². The summed E-state index contributed by atoms with van der Waals surface area (Å²) in [6.07, 6.45) is 1.50. The van der Waals surface area contributed by atoms with Crippen molar-refractivity contribution in [1.82, 2.24) is 20.4 Å². The molecule has 0 bridgehead atoms. The van der Waals surface area contributed by atoms with Crippen molar-refractivity contribution in [2.24, 2.45) is 0 Å². The van der Waals surface area contributed by atoms with Gasteiger partial charge in [0.2, 0.25) is 5.91 Å². The lowest BCUT2D eigenvalue weighted by Crippen LogP contribution is -2.37. The molecule has 0 spiro atoms. The molecule has 0 aliphatic rings. The minimum atomic E-state index is -0.160. The highest BCUT2D eigenvalue weighted by molar-refractivity contribution is 7.21. The molecule has 0 saturated heterocycles. The number of aromatic nitrogens is 5. The number of tetrazole rings is 1. The minimum Gasteiger partial charge on any atom is -0.497 e. The molecule has 9 heteroatoms. The van der Waals surface area contributed by atoms with Crippen LogP contribution in [0.3, 0.4) is 0 Å². The Kier molecular flexibility index (Phi) is 5.08. The summed E-state index contributed by atoms with van der Waals surface area (Å²) < 4.78 is 6.41. The molecule has 0 aliphatic carbocycles. The number of nitrogens with one attached hydrogen (secondary N) is 2. The molecule has 0 aliphatic heterocycles. The van der Waals surface area contributed by atoms with Gasteiger partial charge in [0.1, 0.15) is 10.8 Å². The van der Waals surface area contributed by atoms with Crippen molar-refractivity contribution < 1.29 is 14.3 Å². The molecule has 0 saturated carbocycles. The van der Waals surface area contributed by atoms with Gasteiger partial charge in [-0.1, -0.05) is 24.3 Å². The number of ether oxygens (including phenoxy) is 1. The van der Waals surface area contributed by atoms with Crippen LogP contribution >= 0.6 is 11.3 Å². The minimum absolute atomic E-state index is 0.160. The number of aromatic amines is 1. The molecule has 0 radical (unpaired) electrons. The maximum absolute atomic E-state index is 11.8. The van der Waals surface area contributed by atoms with Crippen LogP contribution < -0.4 is 14.9 Å². The van der Waals surface area contributed by atoms with E-state index in [4.69, 9.17) is 9.72 Å². The van der Waals surface area contributed by atoms with Gasteiger partial charge in [-0.15, -0.1) is 11.3 Å². The first-order valence-corrected chi connectivity index (χ1v) is 10.7. The van der Waals surface area contributed by atoms with E-state index in [2.05, 4.69) is 26.8 Å². The second kappa shape index (κ2) is 8.20. The number of carbonyl (C=O) groups is 1. The van der Waals surface area contributed by atoms with Crippen LogP contribution in [-0.2, 0) is 4.79 Å². The number of hydrogen-bond donors (Lipinski definition) is 2. The van der Waals surface area contributed by atoms with E-state index in [-0.39, 0.29) is 5.91 Å². The van der Waals surface area contributed by atoms with E-state index in [0.717, 1.165) is 43.4 Å². The Labute approximate surface area is 187 Å². The van der Waals surface area contributed by atoms with Crippen LogP contribution in [-0.4, -0.2) is 33.4 Å². The summed E-state index contributed by atoms with van der Waals surface area (Å²) in [6.45, 7) is 1.48. The van der Waals surface area contributed by atoms with Gasteiger partial charge in [0.15, 0.2) is 10.9 Å². The lowest BCUT2D eigenvalue weighted by atomic mass is 9.97. The first kappa shape index (κ1) is 19.8. The lowest BCUT2D eigenvalue weighted by molar-refractivity contribution is -0.716. The number of para-hydroxylation sites is 1. The molecule has 158 valence electrons. The number of H-pyrrole nitrogens is 1. The molecule has 1 amide bonds. The zero-order valence-electron chi connectivity index (χ0n) is 17.4. The fraction of sp³-hybridized carbons (Fsp3) is 0.0870. The van der Waals surface area contributed by atoms with Crippen LogP contribution in [0.5, 0.6) is 5.75 Å². The second-order valence-corrected chi connectivity index (χ2v) is 8.12. The van der Waals surface area contributed by atoms with Crippen LogP contribution in [0.4, 0.5) is 5.69 Å². The SMILES string of the molecule is COc1ccc(-c2cc(NC(C)=O)cc(-[n+]3nnc[nH]3)c2-c2nc3ccccc3s2)cc1. The molecule has 3 aromatic carbocycles. The summed E-state index contributed by atoms with van der Waals surface area (Å²) >= 11 is 1.60. The molecule has 0 fully saturated rings. The Morgan fingerprint density at radius 3 is 2.62 bits per heavy atom. The molecule has 0 atom stereocenters. The van der Waals surface area contributed by atoms with Gasteiger partial charge in [0, 0.05) is 18.7 Å². The van der Waals surface area contributed by atoms with Crippen molar-refractivity contribution in [3.63, 3.8) is 0 Å². The average molecular weight is 444 g/mol. The van der Waals surface area contributed by atoms with Crippen LogP contribution in [0.25, 0.3) is 37.6 Å². The van der Waals surface area contributed by atoms with E-state index in [1.54, 1.807) is 23.2 Å². The van der Waals surface area contributed by atoms with Gasteiger partial charge in [-0.05, 0) is 46.3 Å². The zero-order chi connectivity index (χ0) is 22.1. The number of hydrogen-bond acceptors (Lipinski definition) is 6. The summed E-state index contributed by atoms with van der Waals surface area (Å²) in [7, 11) is 1.64. The number of benzene rings is 3. The van der Waals surface area contributed by atoms with Crippen molar-refractivity contribution in [3.8, 4) is 33.1 Å². The molecule has 2 heterocycles. The fourth-order valence-electron chi connectivity index (χ4n) is 3.57. The van der Waals surface area contributed by atoms with E-state index < -0.39 is 0 Å². The van der Waals surface area contributed by atoms with E-state index in [9.17, 15) is 4.79 Å². The monoisotopic (exact) mass is 443 g/mol. The van der Waals surface area contributed by atoms with E-state index in [1.807, 2.05) is 54.6 Å². The predicted octanol–water partition coefficient (Wildman–Crippen LogP) is 3.99. The molecule has 8 nitrogen and oxygen atoms in total. The van der Waals surface area contributed by atoms with Crippen molar-refractivity contribution >= 4 is 33.1 Å². The van der Waals surface area contributed by atoms with Gasteiger partial charge >= 0.3 is 0 Å². The molecule has 0 unspecified atom stereocenters. The molecule has 5 rings (SSSR count). The number of thiazole rings is 1. The van der Waals surface area contributed by atoms with E-state index in [0.29, 0.717) is 5.69 Å². The van der Waals surface area contributed by atoms with Gasteiger partial charge in [0.25, 0.3) is 6.33 Å². The average Bonchev–Trinajstić information content (AvgIpc) is 3.48. The van der Waals surface area contributed by atoms with Crippen LogP contribution in [0.2, 0.25) is 0 Å². The molecule has 2 aromatic heterocycles. The highest BCUT2D eigenvalue weighted by atomic mass is 32.1. The highest BCUT2D eigenvalue weighted by Gasteiger charge is 2.24. The van der Waals surface area contributed by atoms with Crippen molar-refractivity contribution in [2.75, 3.05) is 12.4 Å². The van der Waals surface area contributed by atoms with Crippen molar-refractivity contribution in [1.29, 1.82) is 0 Å². The number of methoxy groups -OCH3 is 1. The summed E-state index contributed by atoms with van der Waals surface area (Å²) in [5, 5.41) is 14.8. The maximum atomic E-state index is 11.8. The summed E-state index contributed by atoms with van der Waals surface area (Å²) in [4.78, 5) is 18.3. The number of nitrogens with zero attached hydrogens (tertiary/aromatic N) is 4. The summed E-state index contributed by atoms with van der Waals surface area (Å²) in [6, 6.07) is 19.6. The first-order valence-electron chi connectivity index (χ1n) is 9.87. The molecular weight excluding hydrogens is 424 g/mol. The predicted molar refractivity (Wildman–Crippen MR) is 123 cm³/mol. The third-order valence-corrected chi connectivity index (χ3v) is 6.01. The van der Waals surface area contributed by atoms with E-state index >= 15 is 0 Å². The van der Waals surface area contributed by atoms with Crippen LogP contribution in [0.1, 0.15) is 6.92 Å². The summed E-state index contributed by atoms with van der Waals surface area (Å²) in [5.41, 5.74) is 5.02. The number of rotatable bonds is 5. The Balaban J connectivity index is 1.82. The fourth-order valence-corrected chi connectivity index (χ4v) is 4.61. The number of amides is 1. The van der Waals surface area contributed by atoms with Gasteiger partial charge in [-0.25, -0.2) is 4.98 Å². The van der Waals surface area contributed by atoms with Crippen LogP contribution in [0.15, 0.2) is 67.0 Å². The first-order chi connectivity index (χ1) is 15.6. The number of anilines is 1. The Morgan fingerprint density at radius 1 is 1.12 bits per heavy atom. The van der Waals surface area contributed by atoms with Crippen molar-refractivity contribution in [2.45, 2.75) is 6.92 Å². The Hall–Kier alpha value is -4.11. The third-order valence-electron chi connectivity index (χ3n) is 4.95. The standard InChI is InChI=1S/C23H18N6O2S/c1-14(30)26-16-11-18(15-7-9-17(31-2)10-8-15)22(20(12-16)29-25-13-24-28-29)23-27-19-5-3-4-6-21(19)32-23/h3-13H,1-2H3,(H,26,27,30)/p+1. The molecule has 5 aromatic rings. The Bertz CT molecular complexity index is 1380. The quantitative estimate of drug-likeness (QED) is 0.400. The highest BCUT2D eigenvalue weighted by Crippen LogP contribution is 2.41. The van der Waals surface area contributed by atoms with Gasteiger partial charge in [-0.2, -0.15) is 5.10 Å². The molecular formula is C23H19N6O2S+. The second-order valence-electron chi connectivity index (χ2n) is 7.09. The zero-order valence-corrected chi connectivity index (χ0v) is 18.2. The summed E-state index contributed by atoms with van der Waals surface area (Å²) in [5.74, 6) is 0.602. The van der Waals surface area contributed by atoms with E-state index in [1.165, 1.54) is 13.3 Å². The topological polar surface area (TPSA) is 96.7 Å². The van der Waals surface area contributed by atoms with Crippen LogP contribution in [0, 0.1) is 0 Å². The molecule has 32 heavy (non-hydrogen) atoms. The van der Waals surface area contributed by atoms with Gasteiger partial charge < -0.3 is 10.1 Å². The smallest absolute Gasteiger partial charge is 0.269 e.